The minimum Gasteiger partial charge on any atom is -0.493 e. The maximum atomic E-state index is 11.8. The quantitative estimate of drug-likeness (QED) is 0.563. The molecule has 0 aromatic heterocycles. The Morgan fingerprint density at radius 1 is 1.33 bits per heavy atom. The molecule has 1 atom stereocenters. The molecule has 1 fully saturated rings. The van der Waals surface area contributed by atoms with E-state index in [1.54, 1.807) is 13.2 Å². The van der Waals surface area contributed by atoms with Crippen LogP contribution in [0.15, 0.2) is 24.3 Å². The first-order valence-corrected chi connectivity index (χ1v) is 8.39. The van der Waals surface area contributed by atoms with Crippen LogP contribution in [0, 0.1) is 0 Å². The van der Waals surface area contributed by atoms with Gasteiger partial charge in [0.1, 0.15) is 6.61 Å². The van der Waals surface area contributed by atoms with Crippen LogP contribution >= 0.6 is 0 Å². The van der Waals surface area contributed by atoms with E-state index in [1.165, 1.54) is 6.08 Å². The lowest BCUT2D eigenvalue weighted by Crippen LogP contribution is -2.25. The standard InChI is InChI=1S/C19H26O5/c1-14(2)24-17-9-7-15(12-18(17)21-3)8-10-19(20)23-13-16-6-4-5-11-22-16/h7-10,12,14,16H,4-6,11,13H2,1-3H3/b10-8+. The molecular formula is C19H26O5. The number of carbonyl (C=O) groups excluding carboxylic acids is 1. The zero-order chi connectivity index (χ0) is 17.4. The molecule has 1 aromatic rings. The minimum atomic E-state index is -0.370. The molecule has 0 N–H and O–H groups in total. The molecule has 0 aliphatic carbocycles. The van der Waals surface area contributed by atoms with Crippen molar-refractivity contribution in [1.29, 1.82) is 0 Å². The van der Waals surface area contributed by atoms with E-state index in [0.717, 1.165) is 31.4 Å². The van der Waals surface area contributed by atoms with E-state index in [0.29, 0.717) is 18.1 Å². The van der Waals surface area contributed by atoms with Gasteiger partial charge in [0.05, 0.1) is 19.3 Å². The Morgan fingerprint density at radius 2 is 2.17 bits per heavy atom. The number of ether oxygens (including phenoxy) is 4. The van der Waals surface area contributed by atoms with Gasteiger partial charge in [-0.25, -0.2) is 4.79 Å². The van der Waals surface area contributed by atoms with Gasteiger partial charge in [0, 0.05) is 12.7 Å². The van der Waals surface area contributed by atoms with Gasteiger partial charge in [-0.2, -0.15) is 0 Å². The summed E-state index contributed by atoms with van der Waals surface area (Å²) in [6, 6.07) is 5.53. The number of benzene rings is 1. The average Bonchev–Trinajstić information content (AvgIpc) is 2.59. The lowest BCUT2D eigenvalue weighted by molar-refractivity contribution is -0.143. The summed E-state index contributed by atoms with van der Waals surface area (Å²) in [7, 11) is 1.59. The Kier molecular flexibility index (Phi) is 7.12. The van der Waals surface area contributed by atoms with Crippen LogP contribution in [0.1, 0.15) is 38.7 Å². The molecule has 132 valence electrons. The summed E-state index contributed by atoms with van der Waals surface area (Å²) in [6.45, 7) is 4.98. The Labute approximate surface area is 143 Å². The lowest BCUT2D eigenvalue weighted by Gasteiger charge is -2.21. The molecule has 0 spiro atoms. The Balaban J connectivity index is 1.89. The molecule has 5 nitrogen and oxygen atoms in total. The van der Waals surface area contributed by atoms with Crippen LogP contribution in [-0.4, -0.2) is 38.5 Å². The second kappa shape index (κ2) is 9.33. The number of esters is 1. The molecule has 1 aliphatic rings. The maximum absolute atomic E-state index is 11.8. The highest BCUT2D eigenvalue weighted by molar-refractivity contribution is 5.87. The van der Waals surface area contributed by atoms with Crippen molar-refractivity contribution in [1.82, 2.24) is 0 Å². The predicted octanol–water partition coefficient (Wildman–Crippen LogP) is 3.61. The third-order valence-corrected chi connectivity index (χ3v) is 3.65. The van der Waals surface area contributed by atoms with Crippen molar-refractivity contribution >= 4 is 12.0 Å². The van der Waals surface area contributed by atoms with Gasteiger partial charge in [-0.15, -0.1) is 0 Å². The number of carbonyl (C=O) groups is 1. The van der Waals surface area contributed by atoms with Crippen molar-refractivity contribution in [2.45, 2.75) is 45.3 Å². The number of hydrogen-bond donors (Lipinski definition) is 0. The molecule has 1 unspecified atom stereocenters. The van der Waals surface area contributed by atoms with E-state index in [4.69, 9.17) is 18.9 Å². The summed E-state index contributed by atoms with van der Waals surface area (Å²) >= 11 is 0. The Bertz CT molecular complexity index is 559. The van der Waals surface area contributed by atoms with E-state index >= 15 is 0 Å². The number of hydrogen-bond acceptors (Lipinski definition) is 5. The smallest absolute Gasteiger partial charge is 0.330 e. The Morgan fingerprint density at radius 3 is 2.83 bits per heavy atom. The molecule has 24 heavy (non-hydrogen) atoms. The van der Waals surface area contributed by atoms with E-state index in [1.807, 2.05) is 32.0 Å². The summed E-state index contributed by atoms with van der Waals surface area (Å²) in [6.07, 6.45) is 6.38. The van der Waals surface area contributed by atoms with Gasteiger partial charge in [-0.3, -0.25) is 0 Å². The van der Waals surface area contributed by atoms with Crippen LogP contribution in [0.3, 0.4) is 0 Å². The first-order valence-electron chi connectivity index (χ1n) is 8.39. The molecule has 5 heteroatoms. The highest BCUT2D eigenvalue weighted by Gasteiger charge is 2.15. The fourth-order valence-electron chi connectivity index (χ4n) is 2.47. The van der Waals surface area contributed by atoms with Crippen LogP contribution in [0.4, 0.5) is 0 Å². The van der Waals surface area contributed by atoms with Gasteiger partial charge >= 0.3 is 5.97 Å². The predicted molar refractivity (Wildman–Crippen MR) is 92.3 cm³/mol. The summed E-state index contributed by atoms with van der Waals surface area (Å²) in [4.78, 5) is 11.8. The summed E-state index contributed by atoms with van der Waals surface area (Å²) < 4.78 is 21.8. The second-order valence-electron chi connectivity index (χ2n) is 6.03. The number of rotatable bonds is 7. The largest absolute Gasteiger partial charge is 0.493 e. The van der Waals surface area contributed by atoms with Crippen LogP contribution < -0.4 is 9.47 Å². The summed E-state index contributed by atoms with van der Waals surface area (Å²) in [5.41, 5.74) is 0.842. The van der Waals surface area contributed by atoms with Crippen molar-refractivity contribution in [3.63, 3.8) is 0 Å². The molecule has 1 aliphatic heterocycles. The Hall–Kier alpha value is -2.01. The van der Waals surface area contributed by atoms with Crippen LogP contribution in [0.25, 0.3) is 6.08 Å². The monoisotopic (exact) mass is 334 g/mol. The molecular weight excluding hydrogens is 308 g/mol. The molecule has 1 saturated heterocycles. The van der Waals surface area contributed by atoms with Gasteiger partial charge in [0.25, 0.3) is 0 Å². The fraction of sp³-hybridized carbons (Fsp3) is 0.526. The van der Waals surface area contributed by atoms with Crippen molar-refractivity contribution < 1.29 is 23.7 Å². The van der Waals surface area contributed by atoms with E-state index in [2.05, 4.69) is 0 Å². The van der Waals surface area contributed by atoms with Crippen LogP contribution in [0.2, 0.25) is 0 Å². The molecule has 2 rings (SSSR count). The van der Waals surface area contributed by atoms with E-state index in [9.17, 15) is 4.79 Å². The van der Waals surface area contributed by atoms with E-state index < -0.39 is 0 Å². The van der Waals surface area contributed by atoms with Crippen molar-refractivity contribution in [3.05, 3.63) is 29.8 Å². The molecule has 1 heterocycles. The third-order valence-electron chi connectivity index (χ3n) is 3.65. The number of methoxy groups -OCH3 is 1. The molecule has 0 saturated carbocycles. The van der Waals surface area contributed by atoms with Gasteiger partial charge in [-0.1, -0.05) is 6.07 Å². The van der Waals surface area contributed by atoms with Crippen molar-refractivity contribution in [2.75, 3.05) is 20.3 Å². The third kappa shape index (κ3) is 5.89. The van der Waals surface area contributed by atoms with Crippen LogP contribution in [0.5, 0.6) is 11.5 Å². The van der Waals surface area contributed by atoms with Crippen LogP contribution in [-0.2, 0) is 14.3 Å². The van der Waals surface area contributed by atoms with Gasteiger partial charge in [0.2, 0.25) is 0 Å². The zero-order valence-corrected chi connectivity index (χ0v) is 14.6. The molecule has 0 amide bonds. The highest BCUT2D eigenvalue weighted by Crippen LogP contribution is 2.29. The molecule has 1 aromatic carbocycles. The maximum Gasteiger partial charge on any atom is 0.330 e. The fourth-order valence-corrected chi connectivity index (χ4v) is 2.47. The normalized spacial score (nSPS) is 17.9. The molecule has 0 bridgehead atoms. The minimum absolute atomic E-state index is 0.0312. The van der Waals surface area contributed by atoms with Gasteiger partial charge < -0.3 is 18.9 Å². The molecule has 0 radical (unpaired) electrons. The first kappa shape index (κ1) is 18.3. The summed E-state index contributed by atoms with van der Waals surface area (Å²) in [5, 5.41) is 0. The highest BCUT2D eigenvalue weighted by atomic mass is 16.6. The zero-order valence-electron chi connectivity index (χ0n) is 14.6. The average molecular weight is 334 g/mol. The van der Waals surface area contributed by atoms with Gasteiger partial charge in [0.15, 0.2) is 11.5 Å². The van der Waals surface area contributed by atoms with Gasteiger partial charge in [-0.05, 0) is 56.9 Å². The summed E-state index contributed by atoms with van der Waals surface area (Å²) in [5.74, 6) is 0.946. The lowest BCUT2D eigenvalue weighted by atomic mass is 10.1. The topological polar surface area (TPSA) is 54.0 Å². The first-order chi connectivity index (χ1) is 11.6. The van der Waals surface area contributed by atoms with Crippen molar-refractivity contribution in [2.24, 2.45) is 0 Å². The second-order valence-corrected chi connectivity index (χ2v) is 6.03. The van der Waals surface area contributed by atoms with E-state index in [-0.39, 0.29) is 18.2 Å². The SMILES string of the molecule is COc1cc(/C=C/C(=O)OCC2CCCCO2)ccc1OC(C)C. The van der Waals surface area contributed by atoms with Crippen molar-refractivity contribution in [3.8, 4) is 11.5 Å².